The van der Waals surface area contributed by atoms with Crippen LogP contribution in [0, 0.1) is 0 Å². The highest BCUT2D eigenvalue weighted by molar-refractivity contribution is 5.94. The first kappa shape index (κ1) is 14.9. The third-order valence-electron chi connectivity index (χ3n) is 4.46. The van der Waals surface area contributed by atoms with Gasteiger partial charge < -0.3 is 15.0 Å². The molecule has 118 valence electrons. The summed E-state index contributed by atoms with van der Waals surface area (Å²) in [5, 5.41) is 2.84. The molecule has 22 heavy (non-hydrogen) atoms. The Morgan fingerprint density at radius 1 is 1.36 bits per heavy atom. The molecule has 1 saturated heterocycles. The van der Waals surface area contributed by atoms with Crippen molar-refractivity contribution in [2.45, 2.75) is 45.1 Å². The number of carbonyl (C=O) groups excluding carboxylic acids is 2. The second kappa shape index (κ2) is 6.38. The van der Waals surface area contributed by atoms with Crippen LogP contribution in [0.1, 0.15) is 38.2 Å². The number of rotatable bonds is 3. The fourth-order valence-corrected chi connectivity index (χ4v) is 3.15. The Morgan fingerprint density at radius 2 is 2.23 bits per heavy atom. The lowest BCUT2D eigenvalue weighted by atomic mass is 10.0. The van der Waals surface area contributed by atoms with Gasteiger partial charge in [-0.25, -0.2) is 0 Å². The van der Waals surface area contributed by atoms with E-state index >= 15 is 0 Å². The molecule has 2 aliphatic rings. The summed E-state index contributed by atoms with van der Waals surface area (Å²) in [6.07, 6.45) is 4.57. The van der Waals surface area contributed by atoms with Crippen molar-refractivity contribution in [2.75, 3.05) is 18.5 Å². The first-order chi connectivity index (χ1) is 10.6. The zero-order valence-electron chi connectivity index (χ0n) is 12.9. The lowest BCUT2D eigenvalue weighted by Crippen LogP contribution is -2.44. The quantitative estimate of drug-likeness (QED) is 0.932. The van der Waals surface area contributed by atoms with Gasteiger partial charge in [0.05, 0.1) is 0 Å². The average Bonchev–Trinajstić information content (AvgIpc) is 2.53. The van der Waals surface area contributed by atoms with Crippen LogP contribution in [0.4, 0.5) is 5.69 Å². The molecule has 0 unspecified atom stereocenters. The number of nitrogens with one attached hydrogen (secondary N) is 1. The summed E-state index contributed by atoms with van der Waals surface area (Å²) >= 11 is 0. The number of likely N-dealkylation sites (tertiary alicyclic amines) is 1. The number of anilines is 1. The number of hydrogen-bond acceptors (Lipinski definition) is 3. The molecule has 2 aliphatic heterocycles. The van der Waals surface area contributed by atoms with Crippen LogP contribution in [0.2, 0.25) is 0 Å². The zero-order valence-corrected chi connectivity index (χ0v) is 12.9. The molecule has 1 aromatic carbocycles. The maximum absolute atomic E-state index is 12.3. The third kappa shape index (κ3) is 3.24. The van der Waals surface area contributed by atoms with Crippen molar-refractivity contribution in [3.63, 3.8) is 0 Å². The number of ether oxygens (including phenoxy) is 1. The Kier molecular flexibility index (Phi) is 4.32. The Bertz CT molecular complexity index is 585. The Labute approximate surface area is 130 Å². The highest BCUT2D eigenvalue weighted by Crippen LogP contribution is 2.27. The molecule has 0 aromatic heterocycles. The smallest absolute Gasteiger partial charge is 0.260 e. The van der Waals surface area contributed by atoms with E-state index in [9.17, 15) is 9.59 Å². The van der Waals surface area contributed by atoms with Crippen molar-refractivity contribution in [1.82, 2.24) is 4.90 Å². The van der Waals surface area contributed by atoms with Crippen molar-refractivity contribution in [3.8, 4) is 5.75 Å². The maximum atomic E-state index is 12.3. The third-order valence-corrected chi connectivity index (χ3v) is 4.46. The predicted molar refractivity (Wildman–Crippen MR) is 83.9 cm³/mol. The molecule has 1 N–H and O–H groups in total. The van der Waals surface area contributed by atoms with E-state index in [1.54, 1.807) is 6.07 Å². The van der Waals surface area contributed by atoms with Gasteiger partial charge in [0, 0.05) is 24.7 Å². The normalized spacial score (nSPS) is 21.0. The Morgan fingerprint density at radius 3 is 3.05 bits per heavy atom. The highest BCUT2D eigenvalue weighted by Gasteiger charge is 2.23. The van der Waals surface area contributed by atoms with Crippen LogP contribution in [-0.4, -0.2) is 35.9 Å². The monoisotopic (exact) mass is 302 g/mol. The molecule has 1 aromatic rings. The first-order valence-corrected chi connectivity index (χ1v) is 7.98. The highest BCUT2D eigenvalue weighted by atomic mass is 16.5. The zero-order chi connectivity index (χ0) is 15.5. The molecule has 0 radical (unpaired) electrons. The molecular formula is C17H22N2O3. The van der Waals surface area contributed by atoms with Gasteiger partial charge in [-0.3, -0.25) is 9.59 Å². The maximum Gasteiger partial charge on any atom is 0.260 e. The Hall–Kier alpha value is -2.04. The van der Waals surface area contributed by atoms with Crippen molar-refractivity contribution in [2.24, 2.45) is 0 Å². The Balaban J connectivity index is 1.59. The van der Waals surface area contributed by atoms with E-state index in [2.05, 4.69) is 12.2 Å². The fourth-order valence-electron chi connectivity index (χ4n) is 3.15. The van der Waals surface area contributed by atoms with Crippen LogP contribution in [0.15, 0.2) is 18.2 Å². The van der Waals surface area contributed by atoms with Crippen LogP contribution in [0.5, 0.6) is 5.75 Å². The van der Waals surface area contributed by atoms with Gasteiger partial charge in [-0.1, -0.05) is 0 Å². The van der Waals surface area contributed by atoms with Gasteiger partial charge in [0.2, 0.25) is 5.91 Å². The van der Waals surface area contributed by atoms with Crippen molar-refractivity contribution < 1.29 is 14.3 Å². The van der Waals surface area contributed by atoms with E-state index in [-0.39, 0.29) is 18.4 Å². The van der Waals surface area contributed by atoms with E-state index in [1.165, 1.54) is 6.42 Å². The number of aryl methyl sites for hydroxylation is 1. The molecule has 0 saturated carbocycles. The minimum absolute atomic E-state index is 0.0513. The van der Waals surface area contributed by atoms with Crippen molar-refractivity contribution >= 4 is 17.5 Å². The number of hydrogen-bond donors (Lipinski definition) is 1. The second-order valence-electron chi connectivity index (χ2n) is 6.09. The van der Waals surface area contributed by atoms with Crippen molar-refractivity contribution in [3.05, 3.63) is 23.8 Å². The topological polar surface area (TPSA) is 58.6 Å². The molecule has 5 heteroatoms. The number of amides is 2. The minimum atomic E-state index is 0.0513. The lowest BCUT2D eigenvalue weighted by molar-refractivity contribution is -0.136. The van der Waals surface area contributed by atoms with E-state index in [1.807, 2.05) is 17.0 Å². The summed E-state index contributed by atoms with van der Waals surface area (Å²) in [6, 6.07) is 5.87. The fraction of sp³-hybridized carbons (Fsp3) is 0.529. The average molecular weight is 302 g/mol. The summed E-state index contributed by atoms with van der Waals surface area (Å²) in [5.74, 6) is 0.793. The van der Waals surface area contributed by atoms with Gasteiger partial charge >= 0.3 is 0 Å². The minimum Gasteiger partial charge on any atom is -0.484 e. The SMILES string of the molecule is C[C@@H]1CCCCN1C(=O)COc1ccc2c(c1)CCC(=O)N2. The van der Waals surface area contributed by atoms with Gasteiger partial charge in [0.25, 0.3) is 5.91 Å². The summed E-state index contributed by atoms with van der Waals surface area (Å²) < 4.78 is 5.66. The summed E-state index contributed by atoms with van der Waals surface area (Å²) in [5.41, 5.74) is 1.91. The van der Waals surface area contributed by atoms with Crippen LogP contribution in [0.3, 0.4) is 0 Å². The number of carbonyl (C=O) groups is 2. The van der Waals surface area contributed by atoms with Crippen molar-refractivity contribution in [1.29, 1.82) is 0 Å². The summed E-state index contributed by atoms with van der Waals surface area (Å²) in [6.45, 7) is 3.01. The van der Waals surface area contributed by atoms with E-state index in [4.69, 9.17) is 4.74 Å². The molecule has 2 amide bonds. The van der Waals surface area contributed by atoms with E-state index in [0.29, 0.717) is 18.2 Å². The van der Waals surface area contributed by atoms with Gasteiger partial charge in [-0.2, -0.15) is 0 Å². The number of benzene rings is 1. The van der Waals surface area contributed by atoms with Crippen LogP contribution in [0.25, 0.3) is 0 Å². The second-order valence-corrected chi connectivity index (χ2v) is 6.09. The molecule has 0 spiro atoms. The number of piperidine rings is 1. The van der Waals surface area contributed by atoms with Gasteiger partial charge in [-0.05, 0) is 56.4 Å². The van der Waals surface area contributed by atoms with Gasteiger partial charge in [0.1, 0.15) is 5.75 Å². The van der Waals surface area contributed by atoms with Gasteiger partial charge in [-0.15, -0.1) is 0 Å². The van der Waals surface area contributed by atoms with Gasteiger partial charge in [0.15, 0.2) is 6.61 Å². The number of fused-ring (bicyclic) bond motifs is 1. The van der Waals surface area contributed by atoms with E-state index < -0.39 is 0 Å². The van der Waals surface area contributed by atoms with Crippen LogP contribution >= 0.6 is 0 Å². The number of nitrogens with zero attached hydrogens (tertiary/aromatic N) is 1. The molecule has 2 heterocycles. The van der Waals surface area contributed by atoms with E-state index in [0.717, 1.165) is 37.1 Å². The predicted octanol–water partition coefficient (Wildman–Crippen LogP) is 2.35. The van der Waals surface area contributed by atoms with Crippen LogP contribution in [-0.2, 0) is 16.0 Å². The molecule has 0 bridgehead atoms. The standard InChI is InChI=1S/C17H22N2O3/c1-12-4-2-3-9-19(12)17(21)11-22-14-6-7-15-13(10-14)5-8-16(20)18-15/h6-7,10,12H,2-5,8-9,11H2,1H3,(H,18,20)/t12-/m1/s1. The molecule has 1 atom stereocenters. The lowest BCUT2D eigenvalue weighted by Gasteiger charge is -2.33. The molecule has 1 fully saturated rings. The molecular weight excluding hydrogens is 280 g/mol. The largest absolute Gasteiger partial charge is 0.484 e. The summed E-state index contributed by atoms with van der Waals surface area (Å²) in [4.78, 5) is 25.5. The molecule has 5 nitrogen and oxygen atoms in total. The van der Waals surface area contributed by atoms with Crippen LogP contribution < -0.4 is 10.1 Å². The molecule has 3 rings (SSSR count). The summed E-state index contributed by atoms with van der Waals surface area (Å²) in [7, 11) is 0. The molecule has 0 aliphatic carbocycles. The first-order valence-electron chi connectivity index (χ1n) is 7.98.